The number of unbranched alkanes of at least 4 members (excludes halogenated alkanes) is 14. The van der Waals surface area contributed by atoms with Gasteiger partial charge < -0.3 is 9.16 Å². The largest absolute Gasteiger partial charge is 0.437 e. The fraction of sp³-hybridized carbons (Fsp3) is 0.964. The molecule has 0 aliphatic carbocycles. The molecule has 2 atom stereocenters. The SMILES string of the molecule is CCCCCCCCCCCCCCCCC[C@H]1CC(=O)O[C@@H](O[Si](C)(C)C(C)(C)C)C1. The van der Waals surface area contributed by atoms with Crippen LogP contribution in [0.15, 0.2) is 0 Å². The highest BCUT2D eigenvalue weighted by atomic mass is 28.4. The van der Waals surface area contributed by atoms with Crippen molar-refractivity contribution < 1.29 is 14.0 Å². The average Bonchev–Trinajstić information content (AvgIpc) is 2.69. The van der Waals surface area contributed by atoms with Gasteiger partial charge in [-0.2, -0.15) is 0 Å². The summed E-state index contributed by atoms with van der Waals surface area (Å²) in [5.41, 5.74) is 0. The molecule has 32 heavy (non-hydrogen) atoms. The first kappa shape index (κ1) is 29.7. The van der Waals surface area contributed by atoms with Crippen molar-refractivity contribution in [3.05, 3.63) is 0 Å². The van der Waals surface area contributed by atoms with Gasteiger partial charge in [0.25, 0.3) is 0 Å². The summed E-state index contributed by atoms with van der Waals surface area (Å²) >= 11 is 0. The van der Waals surface area contributed by atoms with Crippen LogP contribution in [-0.4, -0.2) is 20.6 Å². The molecule has 190 valence electrons. The molecule has 0 N–H and O–H groups in total. The molecule has 0 saturated carbocycles. The monoisotopic (exact) mass is 468 g/mol. The summed E-state index contributed by atoms with van der Waals surface area (Å²) < 4.78 is 11.9. The van der Waals surface area contributed by atoms with Crippen LogP contribution in [0.5, 0.6) is 0 Å². The molecule has 3 nitrogen and oxygen atoms in total. The van der Waals surface area contributed by atoms with Gasteiger partial charge in [-0.15, -0.1) is 0 Å². The van der Waals surface area contributed by atoms with Crippen molar-refractivity contribution in [2.75, 3.05) is 0 Å². The maximum Gasteiger partial charge on any atom is 0.308 e. The van der Waals surface area contributed by atoms with Gasteiger partial charge >= 0.3 is 5.97 Å². The number of hydrogen-bond acceptors (Lipinski definition) is 3. The summed E-state index contributed by atoms with van der Waals surface area (Å²) in [6.07, 6.45) is 23.2. The maximum absolute atomic E-state index is 12.1. The Balaban J connectivity index is 2.02. The van der Waals surface area contributed by atoms with Gasteiger partial charge in [0.15, 0.2) is 14.6 Å². The topological polar surface area (TPSA) is 35.5 Å². The summed E-state index contributed by atoms with van der Waals surface area (Å²) in [5.74, 6) is 0.374. The Bertz CT molecular complexity index is 484. The van der Waals surface area contributed by atoms with E-state index in [9.17, 15) is 4.79 Å². The minimum atomic E-state index is -1.90. The van der Waals surface area contributed by atoms with Crippen LogP contribution in [-0.2, 0) is 14.0 Å². The fourth-order valence-corrected chi connectivity index (χ4v) is 5.59. The van der Waals surface area contributed by atoms with E-state index in [2.05, 4.69) is 40.8 Å². The fourth-order valence-electron chi connectivity index (χ4n) is 4.44. The Morgan fingerprint density at radius 3 is 1.69 bits per heavy atom. The molecule has 0 spiro atoms. The lowest BCUT2D eigenvalue weighted by Crippen LogP contribution is -2.46. The summed E-state index contributed by atoms with van der Waals surface area (Å²) in [4.78, 5) is 12.1. The van der Waals surface area contributed by atoms with E-state index in [1.54, 1.807) is 0 Å². The Morgan fingerprint density at radius 1 is 0.812 bits per heavy atom. The molecule has 1 heterocycles. The van der Waals surface area contributed by atoms with Gasteiger partial charge in [0, 0.05) is 12.8 Å². The molecule has 0 amide bonds. The number of rotatable bonds is 18. The van der Waals surface area contributed by atoms with Crippen LogP contribution in [0.3, 0.4) is 0 Å². The van der Waals surface area contributed by atoms with Crippen molar-refractivity contribution >= 4 is 14.3 Å². The minimum Gasteiger partial charge on any atom is -0.437 e. The highest BCUT2D eigenvalue weighted by Gasteiger charge is 2.41. The highest BCUT2D eigenvalue weighted by molar-refractivity contribution is 6.74. The van der Waals surface area contributed by atoms with E-state index in [1.807, 2.05) is 0 Å². The van der Waals surface area contributed by atoms with Gasteiger partial charge in [-0.1, -0.05) is 124 Å². The Kier molecular flexibility index (Phi) is 15.1. The van der Waals surface area contributed by atoms with E-state index in [1.165, 1.54) is 96.3 Å². The average molecular weight is 469 g/mol. The number of cyclic esters (lactones) is 1. The van der Waals surface area contributed by atoms with Crippen LogP contribution in [0.1, 0.15) is 143 Å². The lowest BCUT2D eigenvalue weighted by atomic mass is 9.92. The van der Waals surface area contributed by atoms with Crippen LogP contribution in [0.2, 0.25) is 18.1 Å². The van der Waals surface area contributed by atoms with Crippen molar-refractivity contribution in [2.45, 2.75) is 168 Å². The van der Waals surface area contributed by atoms with E-state index in [0.29, 0.717) is 12.3 Å². The molecular formula is C28H56O3Si. The standard InChI is InChI=1S/C28H56O3Si/c1-7-8-9-10-11-12-13-14-15-16-17-18-19-20-21-22-25-23-26(29)30-27(24-25)31-32(5,6)28(2,3)4/h25,27H,7-24H2,1-6H3/t25-,27-/m0/s1. The predicted molar refractivity (Wildman–Crippen MR) is 140 cm³/mol. The zero-order valence-corrected chi connectivity index (χ0v) is 23.6. The van der Waals surface area contributed by atoms with E-state index >= 15 is 0 Å². The lowest BCUT2D eigenvalue weighted by molar-refractivity contribution is -0.178. The van der Waals surface area contributed by atoms with Crippen LogP contribution in [0, 0.1) is 5.92 Å². The normalized spacial score (nSPS) is 19.9. The van der Waals surface area contributed by atoms with Crippen molar-refractivity contribution in [1.82, 2.24) is 0 Å². The number of ether oxygens (including phenoxy) is 1. The summed E-state index contributed by atoms with van der Waals surface area (Å²) in [6.45, 7) is 13.5. The molecule has 1 fully saturated rings. The molecule has 0 aromatic carbocycles. The van der Waals surface area contributed by atoms with Crippen molar-refractivity contribution in [1.29, 1.82) is 0 Å². The lowest BCUT2D eigenvalue weighted by Gasteiger charge is -2.40. The molecule has 0 aromatic rings. The van der Waals surface area contributed by atoms with Gasteiger partial charge in [-0.05, 0) is 30.5 Å². The molecule has 0 bridgehead atoms. The number of esters is 1. The second kappa shape index (κ2) is 16.3. The van der Waals surface area contributed by atoms with Crippen molar-refractivity contribution in [2.24, 2.45) is 5.92 Å². The van der Waals surface area contributed by atoms with Crippen molar-refractivity contribution in [3.63, 3.8) is 0 Å². The zero-order chi connectivity index (χ0) is 23.9. The molecule has 0 unspecified atom stereocenters. The summed E-state index contributed by atoms with van der Waals surface area (Å²) in [6, 6.07) is 0. The minimum absolute atomic E-state index is 0.0640. The van der Waals surface area contributed by atoms with E-state index < -0.39 is 8.32 Å². The third-order valence-corrected chi connectivity index (χ3v) is 12.2. The predicted octanol–water partition coefficient (Wildman–Crippen LogP) is 9.55. The molecule has 0 radical (unpaired) electrons. The van der Waals surface area contributed by atoms with Gasteiger partial charge in [0.2, 0.25) is 0 Å². The Labute approximate surface area is 201 Å². The van der Waals surface area contributed by atoms with Crippen LogP contribution >= 0.6 is 0 Å². The summed E-state index contributed by atoms with van der Waals surface area (Å²) in [7, 11) is -1.90. The molecule has 1 aliphatic rings. The molecular weight excluding hydrogens is 412 g/mol. The second-order valence-electron chi connectivity index (χ2n) is 11.8. The van der Waals surface area contributed by atoms with Crippen LogP contribution in [0.25, 0.3) is 0 Å². The smallest absolute Gasteiger partial charge is 0.308 e. The quantitative estimate of drug-likeness (QED) is 0.114. The third-order valence-electron chi connectivity index (χ3n) is 7.69. The number of carbonyl (C=O) groups is 1. The van der Waals surface area contributed by atoms with E-state index in [4.69, 9.17) is 9.16 Å². The summed E-state index contributed by atoms with van der Waals surface area (Å²) in [5, 5.41) is 0.139. The van der Waals surface area contributed by atoms with Crippen molar-refractivity contribution in [3.8, 4) is 0 Å². The molecule has 4 heteroatoms. The number of carbonyl (C=O) groups excluding carboxylic acids is 1. The van der Waals surface area contributed by atoms with Crippen LogP contribution < -0.4 is 0 Å². The Morgan fingerprint density at radius 2 is 1.25 bits per heavy atom. The van der Waals surface area contributed by atoms with Gasteiger partial charge in [-0.25, -0.2) is 0 Å². The Hall–Kier alpha value is -0.353. The third kappa shape index (κ3) is 13.4. The van der Waals surface area contributed by atoms with Gasteiger partial charge in [0.1, 0.15) is 0 Å². The molecule has 1 saturated heterocycles. The maximum atomic E-state index is 12.1. The number of hydrogen-bond donors (Lipinski definition) is 0. The van der Waals surface area contributed by atoms with Crippen LogP contribution in [0.4, 0.5) is 0 Å². The second-order valence-corrected chi connectivity index (χ2v) is 16.6. The first-order chi connectivity index (χ1) is 15.2. The first-order valence-electron chi connectivity index (χ1n) is 14.0. The van der Waals surface area contributed by atoms with E-state index in [0.717, 1.165) is 12.8 Å². The highest BCUT2D eigenvalue weighted by Crippen LogP contribution is 2.39. The van der Waals surface area contributed by atoms with Gasteiger partial charge in [0.05, 0.1) is 0 Å². The molecule has 0 aromatic heterocycles. The molecule has 1 rings (SSSR count). The van der Waals surface area contributed by atoms with Gasteiger partial charge in [-0.3, -0.25) is 4.79 Å². The molecule has 1 aliphatic heterocycles. The first-order valence-corrected chi connectivity index (χ1v) is 16.9. The van der Waals surface area contributed by atoms with E-state index in [-0.39, 0.29) is 17.3 Å². The zero-order valence-electron chi connectivity index (χ0n) is 22.6.